The van der Waals surface area contributed by atoms with Crippen LogP contribution in [0.5, 0.6) is 0 Å². The van der Waals surface area contributed by atoms with Crippen LogP contribution in [0, 0.1) is 13.8 Å². The van der Waals surface area contributed by atoms with Crippen molar-refractivity contribution in [2.45, 2.75) is 37.2 Å². The van der Waals surface area contributed by atoms with E-state index in [0.717, 1.165) is 5.56 Å². The first-order chi connectivity index (χ1) is 11.3. The molecule has 1 fully saturated rings. The molecule has 1 aliphatic rings. The summed E-state index contributed by atoms with van der Waals surface area (Å²) in [5.41, 5.74) is 0.790. The number of carbonyl (C=O) groups is 1. The number of hydrogen-bond acceptors (Lipinski definition) is 5. The van der Waals surface area contributed by atoms with E-state index >= 15 is 0 Å². The van der Waals surface area contributed by atoms with E-state index in [4.69, 9.17) is 4.42 Å². The molecule has 3 heterocycles. The number of carbonyl (C=O) groups excluding carboxylic acids is 1. The summed E-state index contributed by atoms with van der Waals surface area (Å²) in [5, 5.41) is 0. The lowest BCUT2D eigenvalue weighted by atomic mass is 10.0. The Morgan fingerprint density at radius 1 is 1.38 bits per heavy atom. The molecule has 2 aromatic heterocycles. The number of amides is 1. The van der Waals surface area contributed by atoms with Gasteiger partial charge in [0.25, 0.3) is 0 Å². The molecule has 1 N–H and O–H groups in total. The van der Waals surface area contributed by atoms with E-state index < -0.39 is 22.1 Å². The van der Waals surface area contributed by atoms with E-state index in [9.17, 15) is 13.2 Å². The largest absolute Gasteiger partial charge is 0.465 e. The first kappa shape index (κ1) is 16.7. The summed E-state index contributed by atoms with van der Waals surface area (Å²) in [6, 6.07) is 4.13. The lowest BCUT2D eigenvalue weighted by Gasteiger charge is -2.25. The average Bonchev–Trinajstić information content (AvgIpc) is 2.99. The van der Waals surface area contributed by atoms with E-state index in [2.05, 4.69) is 9.71 Å². The van der Waals surface area contributed by atoms with E-state index in [1.165, 1.54) is 6.07 Å². The van der Waals surface area contributed by atoms with Gasteiger partial charge in [-0.25, -0.2) is 13.1 Å². The second kappa shape index (κ2) is 6.03. The molecule has 1 aliphatic heterocycles. The van der Waals surface area contributed by atoms with Crippen LogP contribution in [0.1, 0.15) is 29.5 Å². The molecule has 0 saturated carbocycles. The summed E-state index contributed by atoms with van der Waals surface area (Å²) in [4.78, 5) is 17.8. The van der Waals surface area contributed by atoms with E-state index in [-0.39, 0.29) is 17.2 Å². The normalized spacial score (nSPS) is 21.5. The zero-order valence-electron chi connectivity index (χ0n) is 13.7. The van der Waals surface area contributed by atoms with Crippen LogP contribution in [0.3, 0.4) is 0 Å². The Morgan fingerprint density at radius 3 is 2.71 bits per heavy atom. The first-order valence-corrected chi connectivity index (χ1v) is 9.03. The monoisotopic (exact) mass is 349 g/mol. The van der Waals surface area contributed by atoms with E-state index in [1.54, 1.807) is 44.3 Å². The summed E-state index contributed by atoms with van der Waals surface area (Å²) in [5.74, 6) is 0.739. The molecule has 0 spiro atoms. The minimum Gasteiger partial charge on any atom is -0.465 e. The van der Waals surface area contributed by atoms with Crippen molar-refractivity contribution in [1.29, 1.82) is 0 Å². The zero-order valence-corrected chi connectivity index (χ0v) is 14.5. The van der Waals surface area contributed by atoms with Gasteiger partial charge in [0.2, 0.25) is 15.9 Å². The molecule has 128 valence electrons. The van der Waals surface area contributed by atoms with Crippen molar-refractivity contribution in [2.24, 2.45) is 0 Å². The molecule has 3 rings (SSSR count). The number of hydrogen-bond donors (Lipinski definition) is 1. The molecule has 2 atom stereocenters. The van der Waals surface area contributed by atoms with Crippen LogP contribution in [0.4, 0.5) is 0 Å². The van der Waals surface area contributed by atoms with Gasteiger partial charge in [0.1, 0.15) is 16.4 Å². The Morgan fingerprint density at radius 2 is 2.12 bits per heavy atom. The third-order valence-corrected chi connectivity index (χ3v) is 5.80. The third kappa shape index (κ3) is 2.94. The van der Waals surface area contributed by atoms with Crippen molar-refractivity contribution < 1.29 is 17.6 Å². The Labute approximate surface area is 140 Å². The summed E-state index contributed by atoms with van der Waals surface area (Å²) in [6.07, 6.45) is 3.39. The van der Waals surface area contributed by atoms with Gasteiger partial charge in [0.05, 0.1) is 12.1 Å². The van der Waals surface area contributed by atoms with Crippen LogP contribution in [0.15, 0.2) is 39.9 Å². The topological polar surface area (TPSA) is 92.5 Å². The highest BCUT2D eigenvalue weighted by Crippen LogP contribution is 2.33. The van der Waals surface area contributed by atoms with Gasteiger partial charge in [-0.15, -0.1) is 0 Å². The molecule has 2 aromatic rings. The van der Waals surface area contributed by atoms with Gasteiger partial charge in [-0.1, -0.05) is 6.07 Å². The van der Waals surface area contributed by atoms with Crippen molar-refractivity contribution >= 4 is 15.9 Å². The molecular weight excluding hydrogens is 330 g/mol. The number of sulfonamides is 1. The summed E-state index contributed by atoms with van der Waals surface area (Å²) in [6.45, 7) is 3.30. The van der Waals surface area contributed by atoms with Crippen molar-refractivity contribution in [3.8, 4) is 0 Å². The van der Waals surface area contributed by atoms with E-state index in [1.807, 2.05) is 6.07 Å². The van der Waals surface area contributed by atoms with Gasteiger partial charge in [-0.2, -0.15) is 0 Å². The molecule has 0 unspecified atom stereocenters. The maximum Gasteiger partial charge on any atom is 0.244 e. The fraction of sp³-hybridized carbons (Fsp3) is 0.375. The Bertz CT molecular complexity index is 861. The number of likely N-dealkylation sites (tertiary alicyclic amines) is 1. The first-order valence-electron chi connectivity index (χ1n) is 7.54. The number of likely N-dealkylation sites (N-methyl/N-ethyl adjacent to an activating group) is 1. The highest BCUT2D eigenvalue weighted by atomic mass is 32.2. The third-order valence-electron chi connectivity index (χ3n) is 4.20. The molecule has 8 heteroatoms. The highest BCUT2D eigenvalue weighted by molar-refractivity contribution is 7.89. The predicted octanol–water partition coefficient (Wildman–Crippen LogP) is 1.54. The summed E-state index contributed by atoms with van der Waals surface area (Å²) < 4.78 is 33.4. The van der Waals surface area contributed by atoms with Crippen LogP contribution in [-0.4, -0.2) is 37.3 Å². The highest BCUT2D eigenvalue weighted by Gasteiger charge is 2.41. The van der Waals surface area contributed by atoms with Crippen molar-refractivity contribution in [2.75, 3.05) is 7.05 Å². The van der Waals surface area contributed by atoms with Crippen LogP contribution >= 0.6 is 0 Å². The summed E-state index contributed by atoms with van der Waals surface area (Å²) in [7, 11) is -2.12. The maximum absolute atomic E-state index is 12.7. The Hall–Kier alpha value is -2.19. The fourth-order valence-corrected chi connectivity index (χ4v) is 4.60. The lowest BCUT2D eigenvalue weighted by molar-refractivity contribution is -0.127. The number of nitrogens with zero attached hydrogens (tertiary/aromatic N) is 2. The second-order valence-electron chi connectivity index (χ2n) is 5.95. The predicted molar refractivity (Wildman–Crippen MR) is 86.7 cm³/mol. The molecule has 7 nitrogen and oxygen atoms in total. The minimum atomic E-state index is -3.78. The van der Waals surface area contributed by atoms with Crippen LogP contribution in [0.25, 0.3) is 0 Å². The van der Waals surface area contributed by atoms with Gasteiger partial charge in [0.15, 0.2) is 0 Å². The van der Waals surface area contributed by atoms with Crippen LogP contribution in [0.2, 0.25) is 0 Å². The number of furan rings is 1. The molecule has 0 bridgehead atoms. The van der Waals surface area contributed by atoms with Crippen molar-refractivity contribution in [1.82, 2.24) is 14.6 Å². The number of nitrogens with one attached hydrogen (secondary N) is 1. The molecule has 0 aromatic carbocycles. The average molecular weight is 349 g/mol. The number of rotatable bonds is 4. The number of aryl methyl sites for hydroxylation is 2. The molecule has 24 heavy (non-hydrogen) atoms. The van der Waals surface area contributed by atoms with Crippen molar-refractivity contribution in [3.63, 3.8) is 0 Å². The van der Waals surface area contributed by atoms with Crippen LogP contribution in [-0.2, 0) is 14.8 Å². The quantitative estimate of drug-likeness (QED) is 0.904. The van der Waals surface area contributed by atoms with Crippen molar-refractivity contribution in [3.05, 3.63) is 47.7 Å². The standard InChI is InChI=1S/C16H19N3O4S/c1-10-7-14(11(2)23-10)24(21,22)18-13-8-15(20)19(3)16(13)12-5-4-6-17-9-12/h4-7,9,13,16,18H,8H2,1-3H3/t13-,16+/m1/s1. The Balaban J connectivity index is 1.93. The minimum absolute atomic E-state index is 0.102. The smallest absolute Gasteiger partial charge is 0.244 e. The van der Waals surface area contributed by atoms with Gasteiger partial charge in [0, 0.05) is 25.9 Å². The number of aromatic nitrogens is 1. The summed E-state index contributed by atoms with van der Waals surface area (Å²) >= 11 is 0. The maximum atomic E-state index is 12.7. The lowest BCUT2D eigenvalue weighted by Crippen LogP contribution is -2.39. The second-order valence-corrected chi connectivity index (χ2v) is 7.63. The SMILES string of the molecule is Cc1cc(S(=O)(=O)N[C@@H]2CC(=O)N(C)[C@H]2c2cccnc2)c(C)o1. The van der Waals surface area contributed by atoms with Crippen LogP contribution < -0.4 is 4.72 Å². The Kier molecular flexibility index (Phi) is 4.18. The molecule has 1 saturated heterocycles. The molecule has 0 aliphatic carbocycles. The molecular formula is C16H19N3O4S. The van der Waals surface area contributed by atoms with Gasteiger partial charge in [-0.3, -0.25) is 9.78 Å². The van der Waals surface area contributed by atoms with Gasteiger partial charge >= 0.3 is 0 Å². The van der Waals surface area contributed by atoms with Gasteiger partial charge < -0.3 is 9.32 Å². The number of pyridine rings is 1. The fourth-order valence-electron chi connectivity index (χ4n) is 3.12. The molecule has 0 radical (unpaired) electrons. The van der Waals surface area contributed by atoms with Gasteiger partial charge in [-0.05, 0) is 31.5 Å². The van der Waals surface area contributed by atoms with E-state index in [0.29, 0.717) is 11.5 Å². The molecule has 1 amide bonds. The zero-order chi connectivity index (χ0) is 17.5.